The van der Waals surface area contributed by atoms with E-state index >= 15 is 0 Å². The third-order valence-electron chi connectivity index (χ3n) is 4.70. The number of anilines is 1. The van der Waals surface area contributed by atoms with Crippen LogP contribution in [0.15, 0.2) is 53.6 Å². The number of carboxylic acid groups (broad SMARTS) is 1. The normalized spacial score (nSPS) is 14.7. The van der Waals surface area contributed by atoms with Gasteiger partial charge in [-0.2, -0.15) is 9.68 Å². The van der Waals surface area contributed by atoms with Crippen LogP contribution < -0.4 is 10.1 Å². The molecular formula is C21H25N3O2. The molecule has 1 aliphatic rings. The standard InChI is InChI=1S/C20H24N3.CH2O2/c1-15-10-12-16(13-11-15)23(5)21-14-19-20(2,3)17-8-6-7-9-18(17)22(19)4;2-1-3/h6-14H,1-5H3;1H,(H,2,3)/q+1;/p-1. The number of carbonyl (C=O) groups excluding carboxylic acids is 1. The van der Waals surface area contributed by atoms with Gasteiger partial charge in [-0.15, -0.1) is 0 Å². The quantitative estimate of drug-likeness (QED) is 0.369. The van der Waals surface area contributed by atoms with E-state index in [1.807, 2.05) is 18.3 Å². The van der Waals surface area contributed by atoms with Crippen LogP contribution >= 0.6 is 0 Å². The molecule has 1 aliphatic heterocycles. The van der Waals surface area contributed by atoms with E-state index in [1.54, 1.807) is 0 Å². The number of aryl methyl sites for hydroxylation is 1. The van der Waals surface area contributed by atoms with Crippen molar-refractivity contribution in [2.45, 2.75) is 26.2 Å². The molecule has 0 amide bonds. The van der Waals surface area contributed by atoms with Crippen LogP contribution in [0.3, 0.4) is 0 Å². The highest BCUT2D eigenvalue weighted by atomic mass is 16.3. The van der Waals surface area contributed by atoms with Crippen LogP contribution in [0.5, 0.6) is 0 Å². The lowest BCUT2D eigenvalue weighted by atomic mass is 9.82. The minimum Gasteiger partial charge on any atom is -0.554 e. The summed E-state index contributed by atoms with van der Waals surface area (Å²) in [6, 6.07) is 17.0. The molecule has 1 heterocycles. The number of hydrogen-bond donors (Lipinski definition) is 0. The Kier molecular flexibility index (Phi) is 5.93. The van der Waals surface area contributed by atoms with Crippen LogP contribution in [-0.4, -0.2) is 37.1 Å². The first-order chi connectivity index (χ1) is 12.3. The van der Waals surface area contributed by atoms with Gasteiger partial charge in [0, 0.05) is 25.1 Å². The van der Waals surface area contributed by atoms with E-state index in [0.717, 1.165) is 5.69 Å². The molecule has 0 radical (unpaired) electrons. The SMILES string of the molecule is Cc1ccc(N(C)/N=C/C2=[N+](C)c3ccccc3C2(C)C)cc1.O=C[O-]. The molecule has 2 aromatic rings. The van der Waals surface area contributed by atoms with Gasteiger partial charge in [0.25, 0.3) is 0 Å². The molecule has 0 spiro atoms. The van der Waals surface area contributed by atoms with Crippen LogP contribution in [0.2, 0.25) is 0 Å². The fourth-order valence-corrected chi connectivity index (χ4v) is 3.20. The summed E-state index contributed by atoms with van der Waals surface area (Å²) >= 11 is 0. The molecule has 3 rings (SSSR count). The van der Waals surface area contributed by atoms with Gasteiger partial charge in [0.05, 0.1) is 11.1 Å². The summed E-state index contributed by atoms with van der Waals surface area (Å²) in [6.07, 6.45) is 1.99. The molecule has 136 valence electrons. The summed E-state index contributed by atoms with van der Waals surface area (Å²) in [5, 5.41) is 14.8. The fourth-order valence-electron chi connectivity index (χ4n) is 3.20. The van der Waals surface area contributed by atoms with Gasteiger partial charge in [-0.1, -0.05) is 35.9 Å². The maximum Gasteiger partial charge on any atom is 0.212 e. The molecule has 0 fully saturated rings. The Hall–Kier alpha value is -2.95. The fraction of sp³-hybridized carbons (Fsp3) is 0.286. The van der Waals surface area contributed by atoms with Crippen molar-refractivity contribution in [1.29, 1.82) is 0 Å². The highest BCUT2D eigenvalue weighted by molar-refractivity contribution is 6.33. The molecule has 0 N–H and O–H groups in total. The number of carbonyl (C=O) groups is 1. The zero-order valence-electron chi connectivity index (χ0n) is 15.9. The van der Waals surface area contributed by atoms with E-state index in [9.17, 15) is 0 Å². The number of para-hydroxylation sites is 1. The van der Waals surface area contributed by atoms with Crippen molar-refractivity contribution in [3.8, 4) is 0 Å². The molecule has 2 aromatic carbocycles. The monoisotopic (exact) mass is 351 g/mol. The Morgan fingerprint density at radius 3 is 2.27 bits per heavy atom. The first-order valence-corrected chi connectivity index (χ1v) is 8.43. The van der Waals surface area contributed by atoms with E-state index in [1.165, 1.54) is 22.5 Å². The van der Waals surface area contributed by atoms with Crippen LogP contribution in [0.4, 0.5) is 11.4 Å². The minimum atomic E-state index is -0.500. The summed E-state index contributed by atoms with van der Waals surface area (Å²) in [7, 11) is 4.09. The van der Waals surface area contributed by atoms with Crippen molar-refractivity contribution in [1.82, 2.24) is 0 Å². The Morgan fingerprint density at radius 1 is 1.12 bits per heavy atom. The van der Waals surface area contributed by atoms with Crippen molar-refractivity contribution in [3.05, 3.63) is 59.7 Å². The molecule has 0 atom stereocenters. The molecule has 26 heavy (non-hydrogen) atoms. The molecule has 5 heteroatoms. The van der Waals surface area contributed by atoms with Crippen molar-refractivity contribution < 1.29 is 14.5 Å². The van der Waals surface area contributed by atoms with E-state index in [2.05, 4.69) is 86.0 Å². The largest absolute Gasteiger partial charge is 0.554 e. The van der Waals surface area contributed by atoms with Gasteiger partial charge in [-0.25, -0.2) is 0 Å². The average Bonchev–Trinajstić information content (AvgIpc) is 2.81. The molecule has 0 bridgehead atoms. The lowest BCUT2D eigenvalue weighted by Crippen LogP contribution is -2.30. The van der Waals surface area contributed by atoms with Gasteiger partial charge in [0.1, 0.15) is 13.3 Å². The zero-order chi connectivity index (χ0) is 19.3. The Balaban J connectivity index is 0.000000758. The minimum absolute atomic E-state index is 0.0387. The second-order valence-electron chi connectivity index (χ2n) is 6.79. The summed E-state index contributed by atoms with van der Waals surface area (Å²) in [4.78, 5) is 8.25. The van der Waals surface area contributed by atoms with Crippen molar-refractivity contribution in [3.63, 3.8) is 0 Å². The third-order valence-corrected chi connectivity index (χ3v) is 4.70. The van der Waals surface area contributed by atoms with Crippen molar-refractivity contribution in [2.75, 3.05) is 19.1 Å². The topological polar surface area (TPSA) is 58.7 Å². The summed E-state index contributed by atoms with van der Waals surface area (Å²) in [5.41, 5.74) is 6.12. The lowest BCUT2D eigenvalue weighted by Gasteiger charge is -2.16. The summed E-state index contributed by atoms with van der Waals surface area (Å²) in [5.74, 6) is 0. The van der Waals surface area contributed by atoms with E-state index < -0.39 is 6.47 Å². The predicted molar refractivity (Wildman–Crippen MR) is 104 cm³/mol. The number of hydrogen-bond acceptors (Lipinski definition) is 4. The third kappa shape index (κ3) is 3.82. The maximum absolute atomic E-state index is 8.25. The van der Waals surface area contributed by atoms with Gasteiger partial charge >= 0.3 is 0 Å². The Bertz CT molecular complexity index is 837. The summed E-state index contributed by atoms with van der Waals surface area (Å²) in [6.45, 7) is 6.10. The molecule has 0 saturated heterocycles. The van der Waals surface area contributed by atoms with Gasteiger partial charge in [-0.3, -0.25) is 5.01 Å². The second kappa shape index (κ2) is 7.95. The number of nitrogens with zero attached hydrogens (tertiary/aromatic N) is 3. The van der Waals surface area contributed by atoms with Crippen molar-refractivity contribution in [2.24, 2.45) is 5.10 Å². The molecule has 0 aliphatic carbocycles. The molecule has 0 saturated carbocycles. The van der Waals surface area contributed by atoms with E-state index in [-0.39, 0.29) is 5.41 Å². The predicted octanol–water partition coefficient (Wildman–Crippen LogP) is 2.49. The van der Waals surface area contributed by atoms with Crippen LogP contribution in [0.1, 0.15) is 25.0 Å². The summed E-state index contributed by atoms with van der Waals surface area (Å²) < 4.78 is 2.24. The van der Waals surface area contributed by atoms with Gasteiger partial charge in [0.15, 0.2) is 0 Å². The first-order valence-electron chi connectivity index (χ1n) is 8.43. The van der Waals surface area contributed by atoms with Gasteiger partial charge in [-0.05, 0) is 32.9 Å². The Morgan fingerprint density at radius 2 is 1.69 bits per heavy atom. The highest BCUT2D eigenvalue weighted by Gasteiger charge is 2.43. The van der Waals surface area contributed by atoms with Crippen molar-refractivity contribution >= 4 is 29.8 Å². The number of fused-ring (bicyclic) bond motifs is 1. The molecule has 5 nitrogen and oxygen atoms in total. The smallest absolute Gasteiger partial charge is 0.212 e. The van der Waals surface area contributed by atoms with Crippen LogP contribution in [0, 0.1) is 6.92 Å². The Labute approximate surface area is 154 Å². The van der Waals surface area contributed by atoms with Crippen LogP contribution in [0.25, 0.3) is 0 Å². The first kappa shape index (κ1) is 19.4. The molecular weight excluding hydrogens is 326 g/mol. The lowest BCUT2D eigenvalue weighted by molar-refractivity contribution is -0.400. The number of rotatable bonds is 3. The average molecular weight is 351 g/mol. The zero-order valence-corrected chi connectivity index (χ0v) is 15.9. The second-order valence-corrected chi connectivity index (χ2v) is 6.79. The van der Waals surface area contributed by atoms with Crippen LogP contribution in [-0.2, 0) is 10.2 Å². The molecule has 0 unspecified atom stereocenters. The number of hydrazone groups is 1. The molecule has 0 aromatic heterocycles. The van der Waals surface area contributed by atoms with Gasteiger partial charge < -0.3 is 9.90 Å². The maximum atomic E-state index is 8.25. The number of benzene rings is 2. The van der Waals surface area contributed by atoms with E-state index in [4.69, 9.17) is 9.90 Å². The van der Waals surface area contributed by atoms with E-state index in [0.29, 0.717) is 0 Å². The van der Waals surface area contributed by atoms with Gasteiger partial charge in [0.2, 0.25) is 11.4 Å². The highest BCUT2D eigenvalue weighted by Crippen LogP contribution is 2.38.